The van der Waals surface area contributed by atoms with E-state index in [1.807, 2.05) is 0 Å². The fourth-order valence-electron chi connectivity index (χ4n) is 4.38. The molecular formula is C24H15BF12. The highest BCUT2D eigenvalue weighted by molar-refractivity contribution is 6.96. The molecule has 0 radical (unpaired) electrons. The van der Waals surface area contributed by atoms with Gasteiger partial charge in [-0.3, -0.25) is 0 Å². The van der Waals surface area contributed by atoms with Crippen molar-refractivity contribution in [2.24, 2.45) is 0 Å². The average molecular weight is 542 g/mol. The molecule has 13 heteroatoms. The van der Waals surface area contributed by atoms with Crippen LogP contribution >= 0.6 is 0 Å². The van der Waals surface area contributed by atoms with Crippen LogP contribution in [0.25, 0.3) is 0 Å². The largest absolute Gasteiger partial charge is 0.254 e. The molecule has 0 nitrogen and oxygen atoms in total. The lowest BCUT2D eigenvalue weighted by Crippen LogP contribution is -2.59. The van der Waals surface area contributed by atoms with E-state index in [4.69, 9.17) is 0 Å². The van der Waals surface area contributed by atoms with Gasteiger partial charge in [-0.05, 0) is 53.8 Å². The van der Waals surface area contributed by atoms with Crippen molar-refractivity contribution in [1.29, 1.82) is 0 Å². The minimum atomic E-state index is -2.70. The van der Waals surface area contributed by atoms with E-state index < -0.39 is 129 Å². The third-order valence-corrected chi connectivity index (χ3v) is 6.34. The SMILES string of the molecule is Cc1c(F)c(CF)c(F)c(F)c1B(c1c(C)c(F)c(CF)c(F)c1F)c1c(C)c(F)c(CF)c(F)c1F. The Bertz CT molecular complexity index is 1160. The lowest BCUT2D eigenvalue weighted by atomic mass is 9.34. The summed E-state index contributed by atoms with van der Waals surface area (Å²) in [7, 11) is 0. The molecule has 3 aromatic rings. The third-order valence-electron chi connectivity index (χ3n) is 6.34. The summed E-state index contributed by atoms with van der Waals surface area (Å²) in [5, 5.41) is 0. The van der Waals surface area contributed by atoms with Crippen LogP contribution in [0.3, 0.4) is 0 Å². The molecule has 3 rings (SSSR count). The summed E-state index contributed by atoms with van der Waals surface area (Å²) < 4.78 is 174. The van der Waals surface area contributed by atoms with Crippen LogP contribution in [-0.4, -0.2) is 6.71 Å². The highest BCUT2D eigenvalue weighted by atomic mass is 19.2. The van der Waals surface area contributed by atoms with Crippen LogP contribution in [0.5, 0.6) is 0 Å². The maximum atomic E-state index is 15.3. The molecule has 0 N–H and O–H groups in total. The predicted molar refractivity (Wildman–Crippen MR) is 112 cm³/mol. The molecule has 3 aromatic carbocycles. The van der Waals surface area contributed by atoms with Crippen LogP contribution in [0.2, 0.25) is 0 Å². The number of benzene rings is 3. The fourth-order valence-corrected chi connectivity index (χ4v) is 4.38. The lowest BCUT2D eigenvalue weighted by Gasteiger charge is -2.26. The Morgan fingerprint density at radius 1 is 0.378 bits per heavy atom. The topological polar surface area (TPSA) is 0 Å². The highest BCUT2D eigenvalue weighted by Crippen LogP contribution is 2.26. The van der Waals surface area contributed by atoms with Gasteiger partial charge in [-0.15, -0.1) is 0 Å². The highest BCUT2D eigenvalue weighted by Gasteiger charge is 2.41. The van der Waals surface area contributed by atoms with E-state index in [2.05, 4.69) is 0 Å². The molecule has 0 aromatic heterocycles. The Morgan fingerprint density at radius 2 is 0.595 bits per heavy atom. The Labute approximate surface area is 203 Å². The average Bonchev–Trinajstić information content (AvgIpc) is 2.86. The van der Waals surface area contributed by atoms with E-state index in [1.54, 1.807) is 0 Å². The van der Waals surface area contributed by atoms with Gasteiger partial charge in [-0.25, -0.2) is 52.7 Å². The Kier molecular flexibility index (Phi) is 7.95. The molecule has 0 atom stereocenters. The van der Waals surface area contributed by atoms with E-state index in [0.29, 0.717) is 20.8 Å². The van der Waals surface area contributed by atoms with Crippen molar-refractivity contribution in [3.05, 3.63) is 85.7 Å². The summed E-state index contributed by atoms with van der Waals surface area (Å²) in [4.78, 5) is 0. The molecule has 0 fully saturated rings. The molecule has 0 saturated heterocycles. The zero-order valence-corrected chi connectivity index (χ0v) is 19.2. The van der Waals surface area contributed by atoms with Crippen LogP contribution in [0, 0.1) is 73.1 Å². The van der Waals surface area contributed by atoms with Crippen molar-refractivity contribution in [3.63, 3.8) is 0 Å². The zero-order valence-electron chi connectivity index (χ0n) is 19.2. The van der Waals surface area contributed by atoms with Gasteiger partial charge in [0.05, 0.1) is 16.7 Å². The predicted octanol–water partition coefficient (Wildman–Crippen LogP) is 5.79. The van der Waals surface area contributed by atoms with Crippen molar-refractivity contribution in [2.45, 2.75) is 40.8 Å². The third kappa shape index (κ3) is 4.16. The standard InChI is InChI=1S/C24H15BF12/c1-7-13(22(35)19(32)10(4-26)16(7)29)25(14-8(2)17(30)11(5-27)20(33)23(14)36)15-9(3)18(31)12(6-28)21(34)24(15)37/h4-6H2,1-3H3. The van der Waals surface area contributed by atoms with Gasteiger partial charge >= 0.3 is 0 Å². The maximum Gasteiger partial charge on any atom is 0.254 e. The molecular weight excluding hydrogens is 527 g/mol. The molecule has 0 spiro atoms. The Balaban J connectivity index is 2.67. The number of hydrogen-bond acceptors (Lipinski definition) is 0. The second-order valence-corrected chi connectivity index (χ2v) is 8.21. The maximum absolute atomic E-state index is 15.3. The van der Waals surface area contributed by atoms with Gasteiger partial charge in [-0.2, -0.15) is 0 Å². The van der Waals surface area contributed by atoms with E-state index in [9.17, 15) is 39.5 Å². The minimum absolute atomic E-state index is 0.700. The Hall–Kier alpha value is -3.12. The first-order chi connectivity index (χ1) is 17.3. The monoisotopic (exact) mass is 542 g/mol. The van der Waals surface area contributed by atoms with Gasteiger partial charge in [0.2, 0.25) is 0 Å². The first kappa shape index (κ1) is 28.5. The van der Waals surface area contributed by atoms with Crippen LogP contribution in [0.15, 0.2) is 0 Å². The first-order valence-corrected chi connectivity index (χ1v) is 10.4. The van der Waals surface area contributed by atoms with Crippen LogP contribution in [0.1, 0.15) is 33.4 Å². The molecule has 0 bridgehead atoms. The van der Waals surface area contributed by atoms with Crippen molar-refractivity contribution in [3.8, 4) is 0 Å². The first-order valence-electron chi connectivity index (χ1n) is 10.4. The summed E-state index contributed by atoms with van der Waals surface area (Å²) in [5.41, 5.74) is -11.5. The van der Waals surface area contributed by atoms with Crippen molar-refractivity contribution < 1.29 is 52.7 Å². The van der Waals surface area contributed by atoms with Gasteiger partial charge in [0.1, 0.15) is 37.5 Å². The van der Waals surface area contributed by atoms with Crippen LogP contribution in [0.4, 0.5) is 52.7 Å². The summed E-state index contributed by atoms with van der Waals surface area (Å²) in [6.45, 7) is -6.22. The molecule has 198 valence electrons. The quantitative estimate of drug-likeness (QED) is 0.210. The normalized spacial score (nSPS) is 11.4. The smallest absolute Gasteiger partial charge is 0.246 e. The molecule has 0 amide bonds. The molecule has 37 heavy (non-hydrogen) atoms. The summed E-state index contributed by atoms with van der Waals surface area (Å²) in [5.74, 6) is -18.2. The molecule has 0 saturated carbocycles. The summed E-state index contributed by atoms with van der Waals surface area (Å²) in [6.07, 6.45) is 0. The second kappa shape index (κ2) is 10.3. The van der Waals surface area contributed by atoms with Gasteiger partial charge < -0.3 is 0 Å². The lowest BCUT2D eigenvalue weighted by molar-refractivity contribution is 0.418. The molecule has 0 aliphatic carbocycles. The van der Waals surface area contributed by atoms with Gasteiger partial charge in [0.15, 0.2) is 34.9 Å². The van der Waals surface area contributed by atoms with E-state index in [-0.39, 0.29) is 0 Å². The van der Waals surface area contributed by atoms with Gasteiger partial charge in [-0.1, -0.05) is 0 Å². The fraction of sp³-hybridized carbons (Fsp3) is 0.250. The Morgan fingerprint density at radius 3 is 0.784 bits per heavy atom. The molecule has 0 unspecified atom stereocenters. The van der Waals surface area contributed by atoms with Crippen LogP contribution < -0.4 is 16.4 Å². The number of rotatable bonds is 6. The van der Waals surface area contributed by atoms with Gasteiger partial charge in [0, 0.05) is 0 Å². The summed E-state index contributed by atoms with van der Waals surface area (Å²) in [6, 6.07) is 0. The molecule has 0 heterocycles. The molecule has 0 aliphatic rings. The number of alkyl halides is 3. The van der Waals surface area contributed by atoms with E-state index in [0.717, 1.165) is 0 Å². The minimum Gasteiger partial charge on any atom is -0.246 e. The molecule has 0 aliphatic heterocycles. The number of halogens is 12. The van der Waals surface area contributed by atoms with E-state index in [1.165, 1.54) is 0 Å². The summed E-state index contributed by atoms with van der Waals surface area (Å²) >= 11 is 0. The van der Waals surface area contributed by atoms with E-state index >= 15 is 13.2 Å². The zero-order chi connectivity index (χ0) is 28.1. The van der Waals surface area contributed by atoms with Crippen molar-refractivity contribution in [2.75, 3.05) is 0 Å². The van der Waals surface area contributed by atoms with Crippen molar-refractivity contribution >= 4 is 23.1 Å². The van der Waals surface area contributed by atoms with Crippen LogP contribution in [-0.2, 0) is 20.0 Å². The van der Waals surface area contributed by atoms with Crippen molar-refractivity contribution in [1.82, 2.24) is 0 Å². The second-order valence-electron chi connectivity index (χ2n) is 8.21. The number of hydrogen-bond donors (Lipinski definition) is 0. The van der Waals surface area contributed by atoms with Gasteiger partial charge in [0.25, 0.3) is 6.71 Å².